The van der Waals surface area contributed by atoms with Crippen LogP contribution in [0.2, 0.25) is 0 Å². The van der Waals surface area contributed by atoms with Gasteiger partial charge in [-0.25, -0.2) is 14.3 Å². The van der Waals surface area contributed by atoms with Gasteiger partial charge >= 0.3 is 13.9 Å². The maximum Gasteiger partial charge on any atom is 0.466 e. The Kier molecular flexibility index (Phi) is 11.6. The maximum absolute atomic E-state index is 11.9. The summed E-state index contributed by atoms with van der Waals surface area (Å²) in [6.45, 7) is 0.0926. The fourth-order valence-electron chi connectivity index (χ4n) is 1.60. The molecule has 0 saturated heterocycles. The molecule has 0 radical (unpaired) electrons. The minimum Gasteiger partial charge on any atom is -0.444 e. The van der Waals surface area contributed by atoms with E-state index in [1.165, 1.54) is 0 Å². The van der Waals surface area contributed by atoms with Crippen molar-refractivity contribution in [2.24, 2.45) is 5.73 Å². The summed E-state index contributed by atoms with van der Waals surface area (Å²) in [6, 6.07) is 9.17. The number of amides is 2. The van der Waals surface area contributed by atoms with E-state index in [1.807, 2.05) is 30.3 Å². The molecule has 10 nitrogen and oxygen atoms in total. The smallest absolute Gasteiger partial charge is 0.444 e. The molecule has 0 saturated carbocycles. The third kappa shape index (κ3) is 13.2. The molecular weight excluding hydrogens is 355 g/mol. The van der Waals surface area contributed by atoms with Crippen LogP contribution < -0.4 is 5.73 Å². The number of nitrogens with zero attached hydrogens (tertiary/aromatic N) is 1. The number of aliphatic hydroxyl groups excluding tert-OH is 1. The number of nitrogens with two attached hydrogens (primary N) is 1. The van der Waals surface area contributed by atoms with E-state index in [9.17, 15) is 9.59 Å². The van der Waals surface area contributed by atoms with Crippen molar-refractivity contribution in [2.45, 2.75) is 19.4 Å². The highest BCUT2D eigenvalue weighted by molar-refractivity contribution is 7.45. The van der Waals surface area contributed by atoms with Crippen LogP contribution in [0.1, 0.15) is 18.4 Å². The van der Waals surface area contributed by atoms with Crippen LogP contribution in [0.3, 0.4) is 0 Å². The zero-order chi connectivity index (χ0) is 19.3. The van der Waals surface area contributed by atoms with Crippen molar-refractivity contribution < 1.29 is 38.7 Å². The summed E-state index contributed by atoms with van der Waals surface area (Å²) in [4.78, 5) is 46.1. The lowest BCUT2D eigenvalue weighted by atomic mass is 10.2. The van der Waals surface area contributed by atoms with Crippen molar-refractivity contribution in [3.63, 3.8) is 0 Å². The number of aliphatic hydroxyl groups is 1. The molecule has 0 spiro atoms. The van der Waals surface area contributed by atoms with Gasteiger partial charge in [-0.15, -0.1) is 0 Å². The van der Waals surface area contributed by atoms with Gasteiger partial charge in [0.1, 0.15) is 6.61 Å². The van der Waals surface area contributed by atoms with Gasteiger partial charge in [0.25, 0.3) is 0 Å². The second-order valence-electron chi connectivity index (χ2n) is 4.71. The van der Waals surface area contributed by atoms with Crippen LogP contribution >= 0.6 is 7.82 Å². The Balaban J connectivity index is 0.00000101. The van der Waals surface area contributed by atoms with Crippen LogP contribution in [0.25, 0.3) is 0 Å². The zero-order valence-corrected chi connectivity index (χ0v) is 14.4. The van der Waals surface area contributed by atoms with Crippen molar-refractivity contribution in [1.29, 1.82) is 0 Å². The summed E-state index contributed by atoms with van der Waals surface area (Å²) in [7, 11) is -4.64. The van der Waals surface area contributed by atoms with Crippen LogP contribution in [-0.4, -0.2) is 56.4 Å². The summed E-state index contributed by atoms with van der Waals surface area (Å²) in [5.74, 6) is -0.387. The van der Waals surface area contributed by atoms with Gasteiger partial charge in [0.2, 0.25) is 5.91 Å². The molecule has 0 aromatic heterocycles. The van der Waals surface area contributed by atoms with Crippen LogP contribution in [0.5, 0.6) is 0 Å². The van der Waals surface area contributed by atoms with E-state index in [2.05, 4.69) is 0 Å². The number of phosphoric acid groups is 1. The average Bonchev–Trinajstić information content (AvgIpc) is 2.54. The van der Waals surface area contributed by atoms with E-state index in [-0.39, 0.29) is 32.1 Å². The molecule has 0 fully saturated rings. The molecule has 1 aromatic carbocycles. The van der Waals surface area contributed by atoms with Crippen molar-refractivity contribution in [2.75, 3.05) is 19.7 Å². The molecular formula is C14H23N2O8P. The first-order valence-electron chi connectivity index (χ1n) is 7.29. The van der Waals surface area contributed by atoms with E-state index >= 15 is 0 Å². The second-order valence-corrected chi connectivity index (χ2v) is 5.74. The number of carbonyl (C=O) groups is 2. The lowest BCUT2D eigenvalue weighted by Crippen LogP contribution is -2.39. The standard InChI is InChI=1S/C14H20N2O4.H3O4P/c15-8-4-7-13(18)16(9-10-17)14(19)20-11-12-5-2-1-3-6-12;1-5(2,3)4/h1-3,5-6,17H,4,7-11,15H2;(H3,1,2,3,4). The average molecular weight is 378 g/mol. The Morgan fingerprint density at radius 1 is 1.16 bits per heavy atom. The Bertz CT molecular complexity index is 555. The first-order chi connectivity index (χ1) is 11.7. The number of imide groups is 1. The quantitative estimate of drug-likeness (QED) is 0.408. The number of benzene rings is 1. The van der Waals surface area contributed by atoms with Crippen LogP contribution in [0.15, 0.2) is 30.3 Å². The fraction of sp³-hybridized carbons (Fsp3) is 0.429. The SMILES string of the molecule is NCCCC(=O)N(CCO)C(=O)OCc1ccccc1.O=P(O)(O)O. The Morgan fingerprint density at radius 2 is 1.72 bits per heavy atom. The number of carbonyl (C=O) groups excluding carboxylic acids is 2. The summed E-state index contributed by atoms with van der Waals surface area (Å²) >= 11 is 0. The zero-order valence-electron chi connectivity index (χ0n) is 13.5. The van der Waals surface area contributed by atoms with Gasteiger partial charge in [-0.05, 0) is 18.5 Å². The number of rotatable bonds is 7. The molecule has 6 N–H and O–H groups in total. The molecule has 0 heterocycles. The van der Waals surface area contributed by atoms with Crippen molar-refractivity contribution in [3.8, 4) is 0 Å². The Hall–Kier alpha value is -1.81. The summed E-state index contributed by atoms with van der Waals surface area (Å²) in [5.41, 5.74) is 6.16. The number of ether oxygens (including phenoxy) is 1. The summed E-state index contributed by atoms with van der Waals surface area (Å²) in [5, 5.41) is 8.92. The highest BCUT2D eigenvalue weighted by Gasteiger charge is 2.21. The van der Waals surface area contributed by atoms with Gasteiger partial charge in [-0.2, -0.15) is 0 Å². The van der Waals surface area contributed by atoms with E-state index < -0.39 is 13.9 Å². The highest BCUT2D eigenvalue weighted by Crippen LogP contribution is 2.25. The van der Waals surface area contributed by atoms with Gasteiger partial charge < -0.3 is 30.3 Å². The van der Waals surface area contributed by atoms with Gasteiger partial charge in [0, 0.05) is 6.42 Å². The molecule has 0 aliphatic carbocycles. The first-order valence-corrected chi connectivity index (χ1v) is 8.85. The van der Waals surface area contributed by atoms with Crippen LogP contribution in [-0.2, 0) is 20.7 Å². The molecule has 11 heteroatoms. The van der Waals surface area contributed by atoms with E-state index in [0.717, 1.165) is 10.5 Å². The lowest BCUT2D eigenvalue weighted by molar-refractivity contribution is -0.130. The summed E-state index contributed by atoms with van der Waals surface area (Å²) in [6.07, 6.45) is -0.0890. The fourth-order valence-corrected chi connectivity index (χ4v) is 1.60. The third-order valence-corrected chi connectivity index (χ3v) is 2.64. The van der Waals surface area contributed by atoms with Gasteiger partial charge in [0.05, 0.1) is 13.2 Å². The number of hydrogen-bond acceptors (Lipinski definition) is 6. The van der Waals surface area contributed by atoms with Crippen molar-refractivity contribution >= 4 is 19.8 Å². The lowest BCUT2D eigenvalue weighted by Gasteiger charge is -2.19. The minimum atomic E-state index is -4.64. The predicted molar refractivity (Wildman–Crippen MR) is 88.0 cm³/mol. The highest BCUT2D eigenvalue weighted by atomic mass is 31.2. The molecule has 0 aliphatic rings. The van der Waals surface area contributed by atoms with E-state index in [4.69, 9.17) is 34.8 Å². The minimum absolute atomic E-state index is 0.0724. The Labute approximate surface area is 145 Å². The first kappa shape index (κ1) is 23.2. The van der Waals surface area contributed by atoms with Crippen LogP contribution in [0.4, 0.5) is 4.79 Å². The van der Waals surface area contributed by atoms with E-state index in [1.54, 1.807) is 0 Å². The largest absolute Gasteiger partial charge is 0.466 e. The molecule has 25 heavy (non-hydrogen) atoms. The normalized spacial score (nSPS) is 10.4. The third-order valence-electron chi connectivity index (χ3n) is 2.64. The maximum atomic E-state index is 11.9. The molecule has 0 aliphatic heterocycles. The summed E-state index contributed by atoms with van der Waals surface area (Å²) < 4.78 is 13.9. The molecule has 0 bridgehead atoms. The molecule has 2 amide bonds. The predicted octanol–water partition coefficient (Wildman–Crippen LogP) is -0.0456. The molecule has 1 aromatic rings. The Morgan fingerprint density at radius 3 is 2.20 bits per heavy atom. The number of hydrogen-bond donors (Lipinski definition) is 5. The topological polar surface area (TPSA) is 171 Å². The van der Waals surface area contributed by atoms with E-state index in [0.29, 0.717) is 13.0 Å². The van der Waals surface area contributed by atoms with Crippen molar-refractivity contribution in [3.05, 3.63) is 35.9 Å². The van der Waals surface area contributed by atoms with Gasteiger partial charge in [-0.1, -0.05) is 30.3 Å². The molecule has 142 valence electrons. The van der Waals surface area contributed by atoms with Crippen LogP contribution in [0, 0.1) is 0 Å². The van der Waals surface area contributed by atoms with Gasteiger partial charge in [-0.3, -0.25) is 4.79 Å². The monoisotopic (exact) mass is 378 g/mol. The molecule has 0 unspecified atom stereocenters. The van der Waals surface area contributed by atoms with Crippen molar-refractivity contribution in [1.82, 2.24) is 4.90 Å². The van der Waals surface area contributed by atoms with Gasteiger partial charge in [0.15, 0.2) is 0 Å². The molecule has 1 rings (SSSR count). The molecule has 0 atom stereocenters. The second kappa shape index (κ2) is 12.5.